The molecule has 1 aromatic carbocycles. The standard InChI is InChI=1S/C21H29N3O5S/c1-15-6-2-3-7-17(15)22-20(25)10-13-24-18-9-8-16(14-19(18)29-21(24)26)30(27,28)23-11-4-5-12-23/h8-9,14-15,17H,2-7,10-13H2,1H3,(H,22,25). The number of nitrogens with zero attached hydrogens (tertiary/aromatic N) is 2. The maximum absolute atomic E-state index is 12.7. The first kappa shape index (κ1) is 21.1. The fourth-order valence-corrected chi connectivity index (χ4v) is 6.05. The molecule has 0 bridgehead atoms. The van der Waals surface area contributed by atoms with E-state index in [0.717, 1.165) is 32.1 Å². The maximum Gasteiger partial charge on any atom is 0.419 e. The topological polar surface area (TPSA) is 102 Å². The van der Waals surface area contributed by atoms with Gasteiger partial charge in [-0.25, -0.2) is 13.2 Å². The highest BCUT2D eigenvalue weighted by molar-refractivity contribution is 7.89. The van der Waals surface area contributed by atoms with Crippen LogP contribution in [0.25, 0.3) is 11.1 Å². The van der Waals surface area contributed by atoms with Crippen molar-refractivity contribution in [2.45, 2.75) is 69.4 Å². The number of hydrogen-bond acceptors (Lipinski definition) is 5. The Morgan fingerprint density at radius 1 is 1.17 bits per heavy atom. The number of carbonyl (C=O) groups excluding carboxylic acids is 1. The molecule has 164 valence electrons. The Morgan fingerprint density at radius 3 is 2.63 bits per heavy atom. The summed E-state index contributed by atoms with van der Waals surface area (Å²) < 4.78 is 33.6. The lowest BCUT2D eigenvalue weighted by atomic mass is 9.86. The number of oxazole rings is 1. The molecule has 2 fully saturated rings. The van der Waals surface area contributed by atoms with Gasteiger partial charge in [0.25, 0.3) is 0 Å². The van der Waals surface area contributed by atoms with E-state index in [2.05, 4.69) is 12.2 Å². The lowest BCUT2D eigenvalue weighted by molar-refractivity contribution is -0.122. The summed E-state index contributed by atoms with van der Waals surface area (Å²) in [5.74, 6) is -0.195. The zero-order valence-corrected chi connectivity index (χ0v) is 18.1. The molecule has 0 radical (unpaired) electrons. The van der Waals surface area contributed by atoms with E-state index in [1.807, 2.05) is 0 Å². The molecule has 1 aromatic heterocycles. The van der Waals surface area contributed by atoms with Crippen LogP contribution in [0.4, 0.5) is 0 Å². The molecule has 1 aliphatic carbocycles. The van der Waals surface area contributed by atoms with Crippen LogP contribution in [-0.2, 0) is 21.4 Å². The van der Waals surface area contributed by atoms with Crippen LogP contribution in [0.3, 0.4) is 0 Å². The molecular formula is C21H29N3O5S. The molecule has 30 heavy (non-hydrogen) atoms. The van der Waals surface area contributed by atoms with Crippen LogP contribution in [0.5, 0.6) is 0 Å². The highest BCUT2D eigenvalue weighted by Gasteiger charge is 2.28. The van der Waals surface area contributed by atoms with Gasteiger partial charge in [0.05, 0.1) is 10.4 Å². The molecule has 2 aliphatic rings. The van der Waals surface area contributed by atoms with E-state index in [-0.39, 0.29) is 35.4 Å². The van der Waals surface area contributed by atoms with Gasteiger partial charge in [0, 0.05) is 38.2 Å². The van der Waals surface area contributed by atoms with Crippen LogP contribution < -0.4 is 11.1 Å². The number of benzene rings is 1. The molecule has 2 atom stereocenters. The Hall–Kier alpha value is -2.13. The van der Waals surface area contributed by atoms with Gasteiger partial charge >= 0.3 is 5.76 Å². The molecule has 9 heteroatoms. The summed E-state index contributed by atoms with van der Waals surface area (Å²) in [4.78, 5) is 24.8. The number of sulfonamides is 1. The summed E-state index contributed by atoms with van der Waals surface area (Å²) in [6.45, 7) is 3.38. The second-order valence-electron chi connectivity index (χ2n) is 8.45. The SMILES string of the molecule is CC1CCCCC1NC(=O)CCn1c(=O)oc2cc(S(=O)(=O)N3CCCC3)ccc21. The number of carbonyl (C=O) groups is 1. The van der Waals surface area contributed by atoms with E-state index in [1.54, 1.807) is 6.07 Å². The molecule has 2 heterocycles. The molecule has 1 aliphatic heterocycles. The van der Waals surface area contributed by atoms with Crippen molar-refractivity contribution >= 4 is 27.0 Å². The minimum atomic E-state index is -3.58. The van der Waals surface area contributed by atoms with Gasteiger partial charge in [-0.05, 0) is 43.7 Å². The first-order chi connectivity index (χ1) is 14.4. The van der Waals surface area contributed by atoms with E-state index in [1.165, 1.54) is 27.4 Å². The van der Waals surface area contributed by atoms with Crippen molar-refractivity contribution in [1.29, 1.82) is 0 Å². The van der Waals surface area contributed by atoms with Gasteiger partial charge in [0.2, 0.25) is 15.9 Å². The number of hydrogen-bond donors (Lipinski definition) is 1. The van der Waals surface area contributed by atoms with Crippen LogP contribution in [-0.4, -0.2) is 42.3 Å². The molecule has 4 rings (SSSR count). The Morgan fingerprint density at radius 2 is 1.90 bits per heavy atom. The fourth-order valence-electron chi connectivity index (χ4n) is 4.52. The molecule has 2 unspecified atom stereocenters. The van der Waals surface area contributed by atoms with E-state index in [0.29, 0.717) is 24.5 Å². The Bertz CT molecular complexity index is 1080. The van der Waals surface area contributed by atoms with Gasteiger partial charge in [-0.1, -0.05) is 19.8 Å². The quantitative estimate of drug-likeness (QED) is 0.751. The third-order valence-electron chi connectivity index (χ3n) is 6.36. The molecule has 1 saturated carbocycles. The number of aromatic nitrogens is 1. The second-order valence-corrected chi connectivity index (χ2v) is 10.4. The summed E-state index contributed by atoms with van der Waals surface area (Å²) in [6, 6.07) is 4.70. The van der Waals surface area contributed by atoms with Crippen molar-refractivity contribution < 1.29 is 17.6 Å². The minimum Gasteiger partial charge on any atom is -0.408 e. The summed E-state index contributed by atoms with van der Waals surface area (Å²) in [5.41, 5.74) is 0.723. The number of amides is 1. The zero-order chi connectivity index (χ0) is 21.3. The number of aryl methyl sites for hydroxylation is 1. The molecule has 1 amide bonds. The Balaban J connectivity index is 1.48. The van der Waals surface area contributed by atoms with E-state index >= 15 is 0 Å². The van der Waals surface area contributed by atoms with Gasteiger partial charge in [-0.3, -0.25) is 9.36 Å². The van der Waals surface area contributed by atoms with Crippen LogP contribution in [0.2, 0.25) is 0 Å². The highest BCUT2D eigenvalue weighted by atomic mass is 32.2. The first-order valence-electron chi connectivity index (χ1n) is 10.8. The van der Waals surface area contributed by atoms with Gasteiger partial charge in [0.15, 0.2) is 5.58 Å². The number of fused-ring (bicyclic) bond motifs is 1. The molecule has 1 saturated heterocycles. The summed E-state index contributed by atoms with van der Waals surface area (Å²) in [6.07, 6.45) is 6.34. The lowest BCUT2D eigenvalue weighted by Gasteiger charge is -2.29. The largest absolute Gasteiger partial charge is 0.419 e. The molecule has 1 N–H and O–H groups in total. The third kappa shape index (κ3) is 4.18. The van der Waals surface area contributed by atoms with Crippen molar-refractivity contribution in [1.82, 2.24) is 14.2 Å². The van der Waals surface area contributed by atoms with Crippen LogP contribution in [0.15, 0.2) is 32.3 Å². The van der Waals surface area contributed by atoms with Gasteiger partial charge in [-0.2, -0.15) is 4.31 Å². The predicted molar refractivity (Wildman–Crippen MR) is 113 cm³/mol. The monoisotopic (exact) mass is 435 g/mol. The van der Waals surface area contributed by atoms with E-state index in [4.69, 9.17) is 4.42 Å². The van der Waals surface area contributed by atoms with Crippen molar-refractivity contribution in [3.8, 4) is 0 Å². The number of rotatable bonds is 6. The van der Waals surface area contributed by atoms with Crippen molar-refractivity contribution in [2.24, 2.45) is 5.92 Å². The highest BCUT2D eigenvalue weighted by Crippen LogP contribution is 2.25. The Labute approximate surface area is 176 Å². The molecule has 0 spiro atoms. The van der Waals surface area contributed by atoms with Crippen molar-refractivity contribution in [3.05, 3.63) is 28.7 Å². The summed E-state index contributed by atoms with van der Waals surface area (Å²) in [5, 5.41) is 3.09. The minimum absolute atomic E-state index is 0.0803. The smallest absolute Gasteiger partial charge is 0.408 e. The van der Waals surface area contributed by atoms with Gasteiger partial charge in [0.1, 0.15) is 0 Å². The first-order valence-corrected chi connectivity index (χ1v) is 12.2. The average molecular weight is 436 g/mol. The molecular weight excluding hydrogens is 406 g/mol. The average Bonchev–Trinajstić information content (AvgIpc) is 3.36. The third-order valence-corrected chi connectivity index (χ3v) is 8.26. The Kier molecular flexibility index (Phi) is 6.02. The van der Waals surface area contributed by atoms with Crippen molar-refractivity contribution in [3.63, 3.8) is 0 Å². The van der Waals surface area contributed by atoms with Crippen LogP contribution in [0.1, 0.15) is 51.9 Å². The summed E-state index contributed by atoms with van der Waals surface area (Å²) in [7, 11) is -3.58. The second kappa shape index (κ2) is 8.55. The lowest BCUT2D eigenvalue weighted by Crippen LogP contribution is -2.41. The number of nitrogens with one attached hydrogen (secondary N) is 1. The normalized spacial score (nSPS) is 23.1. The van der Waals surface area contributed by atoms with Crippen molar-refractivity contribution in [2.75, 3.05) is 13.1 Å². The van der Waals surface area contributed by atoms with Crippen LogP contribution in [0, 0.1) is 5.92 Å². The molecule has 8 nitrogen and oxygen atoms in total. The van der Waals surface area contributed by atoms with E-state index < -0.39 is 15.8 Å². The van der Waals surface area contributed by atoms with Gasteiger partial charge in [-0.15, -0.1) is 0 Å². The van der Waals surface area contributed by atoms with E-state index in [9.17, 15) is 18.0 Å². The maximum atomic E-state index is 12.7. The predicted octanol–water partition coefficient (Wildman–Crippen LogP) is 2.46. The zero-order valence-electron chi connectivity index (χ0n) is 17.3. The van der Waals surface area contributed by atoms with Gasteiger partial charge < -0.3 is 9.73 Å². The van der Waals surface area contributed by atoms with Crippen LogP contribution >= 0.6 is 0 Å². The summed E-state index contributed by atoms with van der Waals surface area (Å²) >= 11 is 0. The fraction of sp³-hybridized carbons (Fsp3) is 0.619. The molecule has 2 aromatic rings.